The molecule has 1 aromatic heterocycles. The Hall–Kier alpha value is -2.41. The Morgan fingerprint density at radius 1 is 1.28 bits per heavy atom. The Morgan fingerprint density at radius 2 is 1.97 bits per heavy atom. The van der Waals surface area contributed by atoms with Gasteiger partial charge in [0, 0.05) is 31.9 Å². The number of likely N-dealkylation sites (tertiary alicyclic amines) is 1. The smallest absolute Gasteiger partial charge is 0.416 e. The molecule has 1 aromatic rings. The van der Waals surface area contributed by atoms with Crippen molar-refractivity contribution >= 4 is 24.0 Å². The highest BCUT2D eigenvalue weighted by Gasteiger charge is 2.36. The minimum Gasteiger partial charge on any atom is -0.478 e. The van der Waals surface area contributed by atoms with Gasteiger partial charge in [0.25, 0.3) is 0 Å². The molecular weight excluding hydrogens is 370 g/mol. The maximum atomic E-state index is 13.0. The van der Waals surface area contributed by atoms with Gasteiger partial charge in [-0.2, -0.15) is 0 Å². The summed E-state index contributed by atoms with van der Waals surface area (Å²) in [5, 5.41) is 8.77. The zero-order chi connectivity index (χ0) is 21.8. The third-order valence-electron chi connectivity index (χ3n) is 4.34. The van der Waals surface area contributed by atoms with Gasteiger partial charge in [0.1, 0.15) is 11.4 Å². The first-order chi connectivity index (χ1) is 13.3. The number of rotatable bonds is 5. The first kappa shape index (κ1) is 22.9. The number of ether oxygens (including phenoxy) is 1. The summed E-state index contributed by atoms with van der Waals surface area (Å²) in [4.78, 5) is 32.1. The number of pyridine rings is 1. The molecule has 0 aromatic carbocycles. The minimum absolute atomic E-state index is 0.0277. The molecule has 7 heteroatoms. The van der Waals surface area contributed by atoms with Gasteiger partial charge in [-0.1, -0.05) is 20.8 Å². The Labute approximate surface area is 173 Å². The average Bonchev–Trinajstić information content (AvgIpc) is 2.98. The Bertz CT molecular complexity index is 745. The van der Waals surface area contributed by atoms with Crippen LogP contribution < -0.4 is 4.90 Å². The molecular formula is C22H33N3O4. The highest BCUT2D eigenvalue weighted by Crippen LogP contribution is 2.27. The second-order valence-electron chi connectivity index (χ2n) is 9.71. The largest absolute Gasteiger partial charge is 0.478 e. The molecule has 1 atom stereocenters. The van der Waals surface area contributed by atoms with Crippen LogP contribution >= 0.6 is 0 Å². The van der Waals surface area contributed by atoms with Gasteiger partial charge in [-0.25, -0.2) is 14.6 Å². The van der Waals surface area contributed by atoms with Crippen LogP contribution in [0, 0.1) is 5.41 Å². The van der Waals surface area contributed by atoms with Crippen molar-refractivity contribution in [3.8, 4) is 0 Å². The number of aliphatic carboxylic acids is 1. The number of hydrogen-bond acceptors (Lipinski definition) is 5. The minimum atomic E-state index is -1.02. The maximum absolute atomic E-state index is 13.0. The van der Waals surface area contributed by atoms with Gasteiger partial charge in [-0.3, -0.25) is 4.90 Å². The second-order valence-corrected chi connectivity index (χ2v) is 9.71. The van der Waals surface area contributed by atoms with Crippen LogP contribution in [0.3, 0.4) is 0 Å². The predicted molar refractivity (Wildman–Crippen MR) is 114 cm³/mol. The third kappa shape index (κ3) is 7.49. The van der Waals surface area contributed by atoms with Crippen molar-refractivity contribution in [2.24, 2.45) is 5.41 Å². The molecule has 0 bridgehead atoms. The molecule has 1 fully saturated rings. The Balaban J connectivity index is 2.24. The number of carbonyl (C=O) groups is 2. The van der Waals surface area contributed by atoms with Crippen molar-refractivity contribution in [1.29, 1.82) is 0 Å². The average molecular weight is 404 g/mol. The lowest BCUT2D eigenvalue weighted by Crippen LogP contribution is -2.45. The molecule has 0 radical (unpaired) electrons. The SMILES string of the molecule is CC(C)(C)CN1CC[C@@H](N(C(=O)OC(C)(C)C)c2ccc(/C=C/C(=O)O)cn2)C1. The first-order valence-corrected chi connectivity index (χ1v) is 9.96. The number of anilines is 1. The number of carboxylic acids is 1. The van der Waals surface area contributed by atoms with E-state index in [0.717, 1.165) is 32.1 Å². The van der Waals surface area contributed by atoms with E-state index in [4.69, 9.17) is 9.84 Å². The molecule has 0 spiro atoms. The van der Waals surface area contributed by atoms with E-state index in [2.05, 4.69) is 30.7 Å². The summed E-state index contributed by atoms with van der Waals surface area (Å²) in [5.74, 6) is -0.510. The molecule has 1 amide bonds. The summed E-state index contributed by atoms with van der Waals surface area (Å²) in [6.45, 7) is 14.8. The van der Waals surface area contributed by atoms with Gasteiger partial charge in [-0.15, -0.1) is 0 Å². The van der Waals surface area contributed by atoms with Crippen LogP contribution in [-0.4, -0.2) is 58.3 Å². The third-order valence-corrected chi connectivity index (χ3v) is 4.34. The molecule has 0 saturated carbocycles. The van der Waals surface area contributed by atoms with Crippen molar-refractivity contribution in [2.75, 3.05) is 24.5 Å². The van der Waals surface area contributed by atoms with E-state index in [0.29, 0.717) is 11.4 Å². The van der Waals surface area contributed by atoms with E-state index in [1.807, 2.05) is 20.8 Å². The number of nitrogens with zero attached hydrogens (tertiary/aromatic N) is 3. The molecule has 160 valence electrons. The molecule has 2 heterocycles. The van der Waals surface area contributed by atoms with Crippen molar-refractivity contribution in [1.82, 2.24) is 9.88 Å². The van der Waals surface area contributed by atoms with Crippen LogP contribution in [0.1, 0.15) is 53.5 Å². The number of carboxylic acid groups (broad SMARTS) is 1. The van der Waals surface area contributed by atoms with Gasteiger partial charge in [0.05, 0.1) is 6.04 Å². The lowest BCUT2D eigenvalue weighted by atomic mass is 9.96. The lowest BCUT2D eigenvalue weighted by molar-refractivity contribution is -0.131. The topological polar surface area (TPSA) is 83.0 Å². The quantitative estimate of drug-likeness (QED) is 0.747. The maximum Gasteiger partial charge on any atom is 0.416 e. The molecule has 1 aliphatic heterocycles. The summed E-state index contributed by atoms with van der Waals surface area (Å²) in [6.07, 6.45) is 4.52. The monoisotopic (exact) mass is 403 g/mol. The van der Waals surface area contributed by atoms with Crippen LogP contribution in [0.15, 0.2) is 24.4 Å². The molecule has 29 heavy (non-hydrogen) atoms. The number of carbonyl (C=O) groups excluding carboxylic acids is 1. The summed E-state index contributed by atoms with van der Waals surface area (Å²) in [7, 11) is 0. The van der Waals surface area contributed by atoms with Crippen LogP contribution in [-0.2, 0) is 9.53 Å². The van der Waals surface area contributed by atoms with E-state index in [9.17, 15) is 9.59 Å². The van der Waals surface area contributed by atoms with E-state index in [1.54, 1.807) is 23.2 Å². The molecule has 0 unspecified atom stereocenters. The van der Waals surface area contributed by atoms with E-state index in [1.165, 1.54) is 6.08 Å². The molecule has 7 nitrogen and oxygen atoms in total. The summed E-state index contributed by atoms with van der Waals surface area (Å²) < 4.78 is 5.65. The molecule has 0 aliphatic carbocycles. The zero-order valence-electron chi connectivity index (χ0n) is 18.3. The Morgan fingerprint density at radius 3 is 2.48 bits per heavy atom. The van der Waals surface area contributed by atoms with Gasteiger partial charge < -0.3 is 14.7 Å². The fourth-order valence-electron chi connectivity index (χ4n) is 3.38. The van der Waals surface area contributed by atoms with E-state index in [-0.39, 0.29) is 11.5 Å². The van der Waals surface area contributed by atoms with Crippen LogP contribution in [0.5, 0.6) is 0 Å². The van der Waals surface area contributed by atoms with Crippen molar-refractivity contribution in [3.63, 3.8) is 0 Å². The van der Waals surface area contributed by atoms with Crippen molar-refractivity contribution in [3.05, 3.63) is 30.0 Å². The van der Waals surface area contributed by atoms with Crippen LogP contribution in [0.2, 0.25) is 0 Å². The highest BCUT2D eigenvalue weighted by atomic mass is 16.6. The predicted octanol–water partition coefficient (Wildman–Crippen LogP) is 4.04. The lowest BCUT2D eigenvalue weighted by Gasteiger charge is -2.31. The van der Waals surface area contributed by atoms with Gasteiger partial charge >= 0.3 is 12.1 Å². The number of amides is 1. The van der Waals surface area contributed by atoms with Gasteiger partial charge in [-0.05, 0) is 56.4 Å². The zero-order valence-corrected chi connectivity index (χ0v) is 18.3. The molecule has 1 saturated heterocycles. The van der Waals surface area contributed by atoms with Crippen LogP contribution in [0.4, 0.5) is 10.6 Å². The Kier molecular flexibility index (Phi) is 7.06. The van der Waals surface area contributed by atoms with Crippen molar-refractivity contribution in [2.45, 2.75) is 59.6 Å². The standard InChI is InChI=1S/C22H33N3O4/c1-21(2,3)15-24-12-11-17(14-24)25(20(28)29-22(4,5)6)18-9-7-16(13-23-18)8-10-19(26)27/h7-10,13,17H,11-12,14-15H2,1-6H3,(H,26,27)/b10-8+/t17-/m1/s1. The second kappa shape index (κ2) is 8.95. The summed E-state index contributed by atoms with van der Waals surface area (Å²) >= 11 is 0. The van der Waals surface area contributed by atoms with Crippen molar-refractivity contribution < 1.29 is 19.4 Å². The van der Waals surface area contributed by atoms with E-state index >= 15 is 0 Å². The van der Waals surface area contributed by atoms with Gasteiger partial charge in [0.15, 0.2) is 0 Å². The normalized spacial score (nSPS) is 18.2. The fraction of sp³-hybridized carbons (Fsp3) is 0.591. The fourth-order valence-corrected chi connectivity index (χ4v) is 3.38. The number of aromatic nitrogens is 1. The van der Waals surface area contributed by atoms with Gasteiger partial charge in [0.2, 0.25) is 0 Å². The van der Waals surface area contributed by atoms with Crippen LogP contribution in [0.25, 0.3) is 6.08 Å². The molecule has 2 rings (SSSR count). The molecule has 1 aliphatic rings. The first-order valence-electron chi connectivity index (χ1n) is 9.96. The molecule has 1 N–H and O–H groups in total. The summed E-state index contributed by atoms with van der Waals surface area (Å²) in [5.41, 5.74) is 0.228. The number of hydrogen-bond donors (Lipinski definition) is 1. The summed E-state index contributed by atoms with van der Waals surface area (Å²) in [6, 6.07) is 3.46. The van der Waals surface area contributed by atoms with E-state index < -0.39 is 17.7 Å². The highest BCUT2D eigenvalue weighted by molar-refractivity contribution is 5.88.